The molecule has 1 aliphatic rings. The van der Waals surface area contributed by atoms with Gasteiger partial charge in [0.25, 0.3) is 0 Å². The number of piperazine rings is 1. The van der Waals surface area contributed by atoms with Crippen molar-refractivity contribution in [2.24, 2.45) is 0 Å². The number of hydrogen-bond acceptors (Lipinski definition) is 4. The van der Waals surface area contributed by atoms with Crippen LogP contribution in [0.4, 0.5) is 5.69 Å². The van der Waals surface area contributed by atoms with Crippen LogP contribution in [0.2, 0.25) is 0 Å². The van der Waals surface area contributed by atoms with Crippen LogP contribution >= 0.6 is 0 Å². The Bertz CT molecular complexity index is 464. The summed E-state index contributed by atoms with van der Waals surface area (Å²) in [5.41, 5.74) is 0.809. The van der Waals surface area contributed by atoms with Crippen LogP contribution in [0, 0.1) is 0 Å². The molecule has 0 bridgehead atoms. The number of benzene rings is 1. The molecular formula is C14H20N2O3. The summed E-state index contributed by atoms with van der Waals surface area (Å²) in [5, 5.41) is 9.37. The number of aliphatic hydroxyl groups excluding tert-OH is 1. The zero-order valence-corrected chi connectivity index (χ0v) is 11.5. The molecule has 0 aromatic heterocycles. The van der Waals surface area contributed by atoms with E-state index in [-0.39, 0.29) is 18.6 Å². The van der Waals surface area contributed by atoms with Gasteiger partial charge in [-0.2, -0.15) is 0 Å². The monoisotopic (exact) mass is 264 g/mol. The predicted octanol–water partition coefficient (Wildman–Crippen LogP) is 0.723. The first-order valence-corrected chi connectivity index (χ1v) is 6.36. The van der Waals surface area contributed by atoms with Crippen LogP contribution in [0.3, 0.4) is 0 Å². The van der Waals surface area contributed by atoms with E-state index in [1.54, 1.807) is 12.0 Å². The molecule has 0 aliphatic carbocycles. The first-order chi connectivity index (χ1) is 9.08. The van der Waals surface area contributed by atoms with E-state index in [1.165, 1.54) is 0 Å². The highest BCUT2D eigenvalue weighted by molar-refractivity contribution is 5.98. The molecule has 104 valence electrons. The smallest absolute Gasteiger partial charge is 0.247 e. The zero-order valence-electron chi connectivity index (χ0n) is 11.5. The van der Waals surface area contributed by atoms with Crippen LogP contribution in [-0.4, -0.2) is 55.3 Å². The summed E-state index contributed by atoms with van der Waals surface area (Å²) < 4.78 is 5.19. The minimum absolute atomic E-state index is 0.0624. The molecule has 5 heteroatoms. The standard InChI is InChI=1S/C14H20N2O3/c1-10-8-15(2)13(9-17)14(18)16(10)11-5-4-6-12(7-11)19-3/h4-7,10,13,17H,8-9H2,1-3H3. The third-order valence-electron chi connectivity index (χ3n) is 3.55. The molecule has 1 aromatic carbocycles. The molecule has 1 N–H and O–H groups in total. The van der Waals surface area contributed by atoms with Crippen molar-refractivity contribution >= 4 is 11.6 Å². The van der Waals surface area contributed by atoms with Crippen LogP contribution < -0.4 is 9.64 Å². The first kappa shape index (κ1) is 13.8. The van der Waals surface area contributed by atoms with Crippen LogP contribution in [0.15, 0.2) is 24.3 Å². The van der Waals surface area contributed by atoms with Gasteiger partial charge >= 0.3 is 0 Å². The van der Waals surface area contributed by atoms with Gasteiger partial charge in [0, 0.05) is 24.3 Å². The second-order valence-electron chi connectivity index (χ2n) is 4.90. The minimum Gasteiger partial charge on any atom is -0.497 e. The normalized spacial score (nSPS) is 24.6. The summed E-state index contributed by atoms with van der Waals surface area (Å²) in [6, 6.07) is 7.03. The summed E-state index contributed by atoms with van der Waals surface area (Å²) in [5.74, 6) is 0.647. The maximum Gasteiger partial charge on any atom is 0.247 e. The van der Waals surface area contributed by atoms with Crippen molar-refractivity contribution in [1.29, 1.82) is 0 Å². The van der Waals surface area contributed by atoms with Gasteiger partial charge in [-0.15, -0.1) is 0 Å². The number of rotatable bonds is 3. The van der Waals surface area contributed by atoms with Crippen molar-refractivity contribution in [1.82, 2.24) is 4.90 Å². The fraction of sp³-hybridized carbons (Fsp3) is 0.500. The Morgan fingerprint density at radius 1 is 1.47 bits per heavy atom. The fourth-order valence-corrected chi connectivity index (χ4v) is 2.55. The SMILES string of the molecule is COc1cccc(N2C(=O)C(CO)N(C)CC2C)c1. The van der Waals surface area contributed by atoms with E-state index >= 15 is 0 Å². The molecule has 1 aromatic rings. The van der Waals surface area contributed by atoms with Crippen molar-refractivity contribution in [3.63, 3.8) is 0 Å². The molecule has 0 radical (unpaired) electrons. The molecule has 0 spiro atoms. The lowest BCUT2D eigenvalue weighted by Crippen LogP contribution is -2.61. The van der Waals surface area contributed by atoms with E-state index in [2.05, 4.69) is 0 Å². The van der Waals surface area contributed by atoms with E-state index in [1.807, 2.05) is 43.1 Å². The van der Waals surface area contributed by atoms with Gasteiger partial charge in [-0.05, 0) is 26.1 Å². The third-order valence-corrected chi connectivity index (χ3v) is 3.55. The van der Waals surface area contributed by atoms with E-state index in [0.29, 0.717) is 0 Å². The molecule has 1 heterocycles. The summed E-state index contributed by atoms with van der Waals surface area (Å²) in [7, 11) is 3.46. The summed E-state index contributed by atoms with van der Waals surface area (Å²) in [6.07, 6.45) is 0. The molecule has 2 unspecified atom stereocenters. The topological polar surface area (TPSA) is 53.0 Å². The van der Waals surface area contributed by atoms with Crippen molar-refractivity contribution in [3.8, 4) is 5.75 Å². The van der Waals surface area contributed by atoms with Crippen molar-refractivity contribution in [2.45, 2.75) is 19.0 Å². The quantitative estimate of drug-likeness (QED) is 0.874. The summed E-state index contributed by atoms with van der Waals surface area (Å²) in [4.78, 5) is 16.1. The molecule has 1 fully saturated rings. The third kappa shape index (κ3) is 2.57. The molecule has 1 amide bonds. The molecule has 0 saturated carbocycles. The van der Waals surface area contributed by atoms with Gasteiger partial charge in [0.1, 0.15) is 11.8 Å². The van der Waals surface area contributed by atoms with Gasteiger partial charge in [0.2, 0.25) is 5.91 Å². The number of nitrogens with zero attached hydrogens (tertiary/aromatic N) is 2. The average Bonchev–Trinajstić information content (AvgIpc) is 2.39. The second kappa shape index (κ2) is 5.59. The number of amides is 1. The van der Waals surface area contributed by atoms with Crippen LogP contribution in [0.5, 0.6) is 5.75 Å². The first-order valence-electron chi connectivity index (χ1n) is 6.36. The van der Waals surface area contributed by atoms with Crippen molar-refractivity contribution in [2.75, 3.05) is 32.2 Å². The maximum absolute atomic E-state index is 12.5. The Morgan fingerprint density at radius 2 is 2.21 bits per heavy atom. The summed E-state index contributed by atoms with van der Waals surface area (Å²) in [6.45, 7) is 2.57. The Labute approximate surface area is 113 Å². The minimum atomic E-state index is -0.470. The number of methoxy groups -OCH3 is 1. The average molecular weight is 264 g/mol. The highest BCUT2D eigenvalue weighted by atomic mass is 16.5. The molecular weight excluding hydrogens is 244 g/mol. The van der Waals surface area contributed by atoms with Gasteiger partial charge in [0.15, 0.2) is 0 Å². The maximum atomic E-state index is 12.5. The lowest BCUT2D eigenvalue weighted by Gasteiger charge is -2.42. The molecule has 1 aliphatic heterocycles. The number of aliphatic hydroxyl groups is 1. The zero-order chi connectivity index (χ0) is 14.0. The Morgan fingerprint density at radius 3 is 2.84 bits per heavy atom. The number of hydrogen-bond donors (Lipinski definition) is 1. The number of ether oxygens (including phenoxy) is 1. The van der Waals surface area contributed by atoms with Gasteiger partial charge in [-0.1, -0.05) is 6.07 Å². The van der Waals surface area contributed by atoms with Gasteiger partial charge in [-0.25, -0.2) is 0 Å². The highest BCUT2D eigenvalue weighted by Crippen LogP contribution is 2.26. The Kier molecular flexibility index (Phi) is 4.07. The fourth-order valence-electron chi connectivity index (χ4n) is 2.55. The number of anilines is 1. The van der Waals surface area contributed by atoms with Gasteiger partial charge in [0.05, 0.1) is 13.7 Å². The van der Waals surface area contributed by atoms with E-state index in [9.17, 15) is 9.90 Å². The van der Waals surface area contributed by atoms with Gasteiger partial charge in [-0.3, -0.25) is 9.69 Å². The molecule has 2 atom stereocenters. The second-order valence-corrected chi connectivity index (χ2v) is 4.90. The Hall–Kier alpha value is -1.59. The van der Waals surface area contributed by atoms with E-state index in [0.717, 1.165) is 18.0 Å². The van der Waals surface area contributed by atoms with Crippen LogP contribution in [-0.2, 0) is 4.79 Å². The number of carbonyl (C=O) groups excluding carboxylic acids is 1. The Balaban J connectivity index is 2.33. The van der Waals surface area contributed by atoms with E-state index in [4.69, 9.17) is 4.74 Å². The lowest BCUT2D eigenvalue weighted by molar-refractivity contribution is -0.127. The molecule has 19 heavy (non-hydrogen) atoms. The lowest BCUT2D eigenvalue weighted by atomic mass is 10.1. The molecule has 1 saturated heterocycles. The summed E-state index contributed by atoms with van der Waals surface area (Å²) >= 11 is 0. The number of carbonyl (C=O) groups is 1. The number of likely N-dealkylation sites (N-methyl/N-ethyl adjacent to an activating group) is 1. The van der Waals surface area contributed by atoms with Crippen molar-refractivity contribution in [3.05, 3.63) is 24.3 Å². The van der Waals surface area contributed by atoms with Gasteiger partial charge < -0.3 is 14.7 Å². The molecule has 2 rings (SSSR count). The highest BCUT2D eigenvalue weighted by Gasteiger charge is 2.37. The van der Waals surface area contributed by atoms with Crippen LogP contribution in [0.1, 0.15) is 6.92 Å². The van der Waals surface area contributed by atoms with Crippen LogP contribution in [0.25, 0.3) is 0 Å². The molecule has 5 nitrogen and oxygen atoms in total. The van der Waals surface area contributed by atoms with Crippen molar-refractivity contribution < 1.29 is 14.6 Å². The van der Waals surface area contributed by atoms with E-state index < -0.39 is 6.04 Å². The largest absolute Gasteiger partial charge is 0.497 e. The predicted molar refractivity (Wildman–Crippen MR) is 73.4 cm³/mol.